The molecular formula is C20H27F2N3O3. The number of halogens is 2. The van der Waals surface area contributed by atoms with E-state index in [0.29, 0.717) is 6.42 Å². The van der Waals surface area contributed by atoms with E-state index in [1.165, 1.54) is 49.2 Å². The molecule has 0 aromatic heterocycles. The summed E-state index contributed by atoms with van der Waals surface area (Å²) in [6, 6.07) is 4.71. The number of hydrogen-bond donors (Lipinski definition) is 1. The van der Waals surface area contributed by atoms with Crippen LogP contribution in [0.4, 0.5) is 14.5 Å². The summed E-state index contributed by atoms with van der Waals surface area (Å²) in [4.78, 5) is 27.0. The van der Waals surface area contributed by atoms with E-state index in [-0.39, 0.29) is 23.7 Å². The van der Waals surface area contributed by atoms with Gasteiger partial charge in [0, 0.05) is 19.8 Å². The number of hydrazone groups is 1. The molecule has 0 heterocycles. The van der Waals surface area contributed by atoms with Crippen molar-refractivity contribution in [3.05, 3.63) is 41.7 Å². The molecule has 0 radical (unpaired) electrons. The molecule has 0 spiro atoms. The van der Waals surface area contributed by atoms with Crippen LogP contribution in [0.25, 0.3) is 0 Å². The SMILES string of the molecule is C=NN(C(=O)/C(=C\C)C(=O)N(C)C(C)CCC(O)C(C)F)c1ccc(F)cc1. The van der Waals surface area contributed by atoms with Gasteiger partial charge in [0.05, 0.1) is 11.8 Å². The Morgan fingerprint density at radius 1 is 1.21 bits per heavy atom. The third-order valence-corrected chi connectivity index (χ3v) is 4.55. The largest absolute Gasteiger partial charge is 0.390 e. The minimum absolute atomic E-state index is 0.134. The molecule has 2 amide bonds. The van der Waals surface area contributed by atoms with E-state index in [1.807, 2.05) is 0 Å². The number of likely N-dealkylation sites (N-methyl/N-ethyl adjacent to an activating group) is 1. The molecule has 0 aliphatic carbocycles. The number of aliphatic hydroxyl groups is 1. The van der Waals surface area contributed by atoms with Gasteiger partial charge in [-0.05, 0) is 57.9 Å². The van der Waals surface area contributed by atoms with E-state index in [4.69, 9.17) is 0 Å². The van der Waals surface area contributed by atoms with Crippen LogP contribution in [-0.4, -0.2) is 53.9 Å². The van der Waals surface area contributed by atoms with Gasteiger partial charge in [-0.15, -0.1) is 0 Å². The maximum Gasteiger partial charge on any atom is 0.283 e. The molecule has 1 aromatic carbocycles. The second kappa shape index (κ2) is 10.7. The molecule has 0 saturated carbocycles. The van der Waals surface area contributed by atoms with Crippen LogP contribution in [0.3, 0.4) is 0 Å². The maximum absolute atomic E-state index is 13.1. The number of amides is 2. The molecule has 0 fully saturated rings. The first-order valence-corrected chi connectivity index (χ1v) is 8.96. The summed E-state index contributed by atoms with van der Waals surface area (Å²) in [5.41, 5.74) is 0.134. The Hall–Kier alpha value is -2.61. The molecule has 0 aliphatic heterocycles. The van der Waals surface area contributed by atoms with Crippen molar-refractivity contribution >= 4 is 24.2 Å². The zero-order valence-corrected chi connectivity index (χ0v) is 16.6. The number of alkyl halides is 1. The summed E-state index contributed by atoms with van der Waals surface area (Å²) in [6.45, 7) is 7.91. The summed E-state index contributed by atoms with van der Waals surface area (Å²) in [7, 11) is 1.53. The monoisotopic (exact) mass is 395 g/mol. The van der Waals surface area contributed by atoms with E-state index >= 15 is 0 Å². The van der Waals surface area contributed by atoms with Crippen LogP contribution in [0.2, 0.25) is 0 Å². The van der Waals surface area contributed by atoms with E-state index in [9.17, 15) is 23.5 Å². The highest BCUT2D eigenvalue weighted by molar-refractivity contribution is 6.23. The third-order valence-electron chi connectivity index (χ3n) is 4.55. The molecule has 1 rings (SSSR count). The van der Waals surface area contributed by atoms with Crippen LogP contribution in [0.1, 0.15) is 33.6 Å². The van der Waals surface area contributed by atoms with E-state index in [0.717, 1.165) is 5.01 Å². The van der Waals surface area contributed by atoms with Crippen LogP contribution in [0, 0.1) is 5.82 Å². The topological polar surface area (TPSA) is 73.2 Å². The van der Waals surface area contributed by atoms with Gasteiger partial charge >= 0.3 is 0 Å². The van der Waals surface area contributed by atoms with Crippen LogP contribution in [-0.2, 0) is 9.59 Å². The van der Waals surface area contributed by atoms with Gasteiger partial charge in [-0.3, -0.25) is 9.59 Å². The Kier molecular flexibility index (Phi) is 8.91. The molecule has 0 saturated heterocycles. The van der Waals surface area contributed by atoms with Crippen molar-refractivity contribution in [3.63, 3.8) is 0 Å². The standard InChI is InChI=1S/C20H27F2N3O3/c1-6-17(19(27)24(5)13(2)7-12-18(26)14(3)21)20(28)25(23-4)16-10-8-15(22)9-11-16/h6,8-11,13-14,18,26H,4,7,12H2,1-3,5H3/b17-6-. The average molecular weight is 395 g/mol. The van der Waals surface area contributed by atoms with Crippen molar-refractivity contribution in [2.45, 2.75) is 51.9 Å². The summed E-state index contributed by atoms with van der Waals surface area (Å²) >= 11 is 0. The number of benzene rings is 1. The number of carbonyl (C=O) groups excluding carboxylic acids is 2. The molecule has 8 heteroatoms. The third kappa shape index (κ3) is 5.95. The van der Waals surface area contributed by atoms with E-state index in [1.54, 1.807) is 13.8 Å². The number of carbonyl (C=O) groups is 2. The molecule has 1 aromatic rings. The summed E-state index contributed by atoms with van der Waals surface area (Å²) in [5, 5.41) is 14.2. The maximum atomic E-state index is 13.1. The lowest BCUT2D eigenvalue weighted by atomic mass is 10.0. The van der Waals surface area contributed by atoms with Gasteiger partial charge in [-0.2, -0.15) is 10.1 Å². The fourth-order valence-corrected chi connectivity index (χ4v) is 2.52. The molecule has 3 unspecified atom stereocenters. The van der Waals surface area contributed by atoms with Gasteiger partial charge in [0.15, 0.2) is 0 Å². The number of allylic oxidation sites excluding steroid dienone is 1. The number of anilines is 1. The predicted octanol–water partition coefficient (Wildman–Crippen LogP) is 3.07. The van der Waals surface area contributed by atoms with E-state index < -0.39 is 29.9 Å². The van der Waals surface area contributed by atoms with Gasteiger partial charge in [-0.1, -0.05) is 6.08 Å². The normalized spacial score (nSPS) is 14.8. The van der Waals surface area contributed by atoms with Gasteiger partial charge in [0.2, 0.25) is 0 Å². The number of hydrogen-bond acceptors (Lipinski definition) is 4. The second-order valence-corrected chi connectivity index (χ2v) is 6.52. The first-order chi connectivity index (χ1) is 13.1. The molecule has 28 heavy (non-hydrogen) atoms. The van der Waals surface area contributed by atoms with Crippen molar-refractivity contribution < 1.29 is 23.5 Å². The van der Waals surface area contributed by atoms with Crippen molar-refractivity contribution in [1.82, 2.24) is 4.90 Å². The number of aliphatic hydroxyl groups excluding tert-OH is 1. The highest BCUT2D eigenvalue weighted by atomic mass is 19.1. The molecule has 154 valence electrons. The van der Waals surface area contributed by atoms with Gasteiger partial charge in [-0.25, -0.2) is 8.78 Å². The smallest absolute Gasteiger partial charge is 0.283 e. The average Bonchev–Trinajstić information content (AvgIpc) is 2.67. The Bertz CT molecular complexity index is 720. The van der Waals surface area contributed by atoms with Crippen LogP contribution in [0.15, 0.2) is 41.0 Å². The van der Waals surface area contributed by atoms with Gasteiger partial charge < -0.3 is 10.0 Å². The molecule has 1 N–H and O–H groups in total. The molecule has 0 aliphatic rings. The van der Waals surface area contributed by atoms with Gasteiger partial charge in [0.1, 0.15) is 17.6 Å². The Balaban J connectivity index is 2.92. The lowest BCUT2D eigenvalue weighted by Gasteiger charge is -2.27. The molecule has 0 bridgehead atoms. The lowest BCUT2D eigenvalue weighted by molar-refractivity contribution is -0.130. The number of nitrogens with zero attached hydrogens (tertiary/aromatic N) is 3. The van der Waals surface area contributed by atoms with Crippen molar-refractivity contribution in [2.24, 2.45) is 5.10 Å². The fraction of sp³-hybridized carbons (Fsp3) is 0.450. The van der Waals surface area contributed by atoms with Crippen molar-refractivity contribution in [3.8, 4) is 0 Å². The Morgan fingerprint density at radius 3 is 2.25 bits per heavy atom. The van der Waals surface area contributed by atoms with Crippen molar-refractivity contribution in [1.29, 1.82) is 0 Å². The van der Waals surface area contributed by atoms with Crippen molar-refractivity contribution in [2.75, 3.05) is 12.1 Å². The zero-order chi connectivity index (χ0) is 21.4. The fourth-order valence-electron chi connectivity index (χ4n) is 2.52. The summed E-state index contributed by atoms with van der Waals surface area (Å²) in [6.07, 6.45) is -0.541. The predicted molar refractivity (Wildman–Crippen MR) is 105 cm³/mol. The van der Waals surface area contributed by atoms with E-state index in [2.05, 4.69) is 11.8 Å². The van der Waals surface area contributed by atoms with Crippen LogP contribution in [0.5, 0.6) is 0 Å². The highest BCUT2D eigenvalue weighted by Crippen LogP contribution is 2.20. The molecule has 6 nitrogen and oxygen atoms in total. The van der Waals surface area contributed by atoms with Crippen LogP contribution < -0.4 is 5.01 Å². The second-order valence-electron chi connectivity index (χ2n) is 6.52. The minimum atomic E-state index is -1.36. The molecule has 3 atom stereocenters. The van der Waals surface area contributed by atoms with Crippen LogP contribution >= 0.6 is 0 Å². The number of rotatable bonds is 9. The lowest BCUT2D eigenvalue weighted by Crippen LogP contribution is -2.41. The highest BCUT2D eigenvalue weighted by Gasteiger charge is 2.28. The van der Waals surface area contributed by atoms with Gasteiger partial charge in [0.25, 0.3) is 11.8 Å². The molecular weight excluding hydrogens is 368 g/mol. The summed E-state index contributed by atoms with van der Waals surface area (Å²) < 4.78 is 26.2. The Morgan fingerprint density at radius 2 is 1.79 bits per heavy atom. The first-order valence-electron chi connectivity index (χ1n) is 8.96. The zero-order valence-electron chi connectivity index (χ0n) is 16.6. The quantitative estimate of drug-likeness (QED) is 0.230. The first kappa shape index (κ1) is 23.4. The minimum Gasteiger partial charge on any atom is -0.390 e. The Labute approximate surface area is 164 Å². The summed E-state index contributed by atoms with van der Waals surface area (Å²) in [5.74, 6) is -1.72.